The van der Waals surface area contributed by atoms with Gasteiger partial charge in [-0.05, 0) is 24.6 Å². The number of carbonyl (C=O) groups is 1. The van der Waals surface area contributed by atoms with Crippen molar-refractivity contribution in [2.75, 3.05) is 6.54 Å². The summed E-state index contributed by atoms with van der Waals surface area (Å²) in [5, 5.41) is 0.634. The molecule has 1 aliphatic rings. The van der Waals surface area contributed by atoms with E-state index >= 15 is 0 Å². The fourth-order valence-electron chi connectivity index (χ4n) is 1.51. The summed E-state index contributed by atoms with van der Waals surface area (Å²) in [6, 6.07) is 7.42. The van der Waals surface area contributed by atoms with Gasteiger partial charge >= 0.3 is 0 Å². The first-order valence-corrected chi connectivity index (χ1v) is 6.73. The molecule has 0 unspecified atom stereocenters. The van der Waals surface area contributed by atoms with Gasteiger partial charge in [-0.15, -0.1) is 0 Å². The van der Waals surface area contributed by atoms with Gasteiger partial charge in [0.2, 0.25) is 0 Å². The van der Waals surface area contributed by atoms with Gasteiger partial charge in [0.1, 0.15) is 4.32 Å². The molecule has 0 aliphatic carbocycles. The monoisotopic (exact) mass is 283 g/mol. The van der Waals surface area contributed by atoms with Crippen LogP contribution >= 0.6 is 35.6 Å². The van der Waals surface area contributed by atoms with Gasteiger partial charge in [-0.3, -0.25) is 9.69 Å². The average molecular weight is 284 g/mol. The lowest BCUT2D eigenvalue weighted by molar-refractivity contribution is -0.121. The predicted molar refractivity (Wildman–Crippen MR) is 77.0 cm³/mol. The van der Waals surface area contributed by atoms with Crippen LogP contribution in [0.15, 0.2) is 29.2 Å². The lowest BCUT2D eigenvalue weighted by Gasteiger charge is -2.09. The van der Waals surface area contributed by atoms with Crippen LogP contribution in [0.4, 0.5) is 0 Å². The van der Waals surface area contributed by atoms with E-state index < -0.39 is 0 Å². The lowest BCUT2D eigenvalue weighted by Crippen LogP contribution is -2.27. The van der Waals surface area contributed by atoms with Gasteiger partial charge in [0, 0.05) is 11.6 Å². The molecule has 0 N–H and O–H groups in total. The van der Waals surface area contributed by atoms with Crippen LogP contribution in [0.5, 0.6) is 0 Å². The highest BCUT2D eigenvalue weighted by atomic mass is 35.5. The fourth-order valence-corrected chi connectivity index (χ4v) is 3.07. The second-order valence-corrected chi connectivity index (χ2v) is 5.53. The molecule has 0 radical (unpaired) electrons. The Kier molecular flexibility index (Phi) is 3.86. The van der Waals surface area contributed by atoms with Gasteiger partial charge in [-0.25, -0.2) is 0 Å². The molecule has 0 atom stereocenters. The highest BCUT2D eigenvalue weighted by Gasteiger charge is 2.30. The Bertz CT molecular complexity index is 513. The molecule has 1 fully saturated rings. The molecule has 2 rings (SSSR count). The van der Waals surface area contributed by atoms with E-state index in [-0.39, 0.29) is 5.91 Å². The Morgan fingerprint density at radius 2 is 2.18 bits per heavy atom. The first kappa shape index (κ1) is 12.6. The summed E-state index contributed by atoms with van der Waals surface area (Å²) < 4.78 is 0.607. The molecule has 1 amide bonds. The Morgan fingerprint density at radius 1 is 1.47 bits per heavy atom. The number of hydrogen-bond donors (Lipinski definition) is 0. The first-order chi connectivity index (χ1) is 8.13. The third-order valence-electron chi connectivity index (χ3n) is 2.38. The van der Waals surface area contributed by atoms with E-state index in [1.54, 1.807) is 17.0 Å². The lowest BCUT2D eigenvalue weighted by atomic mass is 10.2. The van der Waals surface area contributed by atoms with Crippen molar-refractivity contribution in [3.05, 3.63) is 39.8 Å². The number of halogens is 1. The van der Waals surface area contributed by atoms with Crippen molar-refractivity contribution in [1.82, 2.24) is 4.90 Å². The minimum absolute atomic E-state index is 0.0394. The molecule has 88 valence electrons. The summed E-state index contributed by atoms with van der Waals surface area (Å²) in [4.78, 5) is 14.2. The van der Waals surface area contributed by atoms with E-state index in [4.69, 9.17) is 23.8 Å². The van der Waals surface area contributed by atoms with E-state index in [2.05, 4.69) is 0 Å². The third-order valence-corrected chi connectivity index (χ3v) is 4.10. The largest absolute Gasteiger partial charge is 0.293 e. The van der Waals surface area contributed by atoms with Gasteiger partial charge < -0.3 is 0 Å². The van der Waals surface area contributed by atoms with Crippen molar-refractivity contribution in [3.63, 3.8) is 0 Å². The van der Waals surface area contributed by atoms with Gasteiger partial charge in [-0.1, -0.05) is 53.8 Å². The van der Waals surface area contributed by atoms with Gasteiger partial charge in [-0.2, -0.15) is 0 Å². The van der Waals surface area contributed by atoms with E-state index in [0.29, 0.717) is 20.8 Å². The fraction of sp³-hybridized carbons (Fsp3) is 0.167. The van der Waals surface area contributed by atoms with Crippen LogP contribution < -0.4 is 0 Å². The topological polar surface area (TPSA) is 20.3 Å². The minimum atomic E-state index is -0.0394. The molecule has 1 aromatic carbocycles. The molecule has 1 aromatic rings. The van der Waals surface area contributed by atoms with Crippen molar-refractivity contribution in [2.45, 2.75) is 6.92 Å². The van der Waals surface area contributed by atoms with Crippen molar-refractivity contribution in [3.8, 4) is 0 Å². The molecule has 1 aliphatic heterocycles. The first-order valence-electron chi connectivity index (χ1n) is 5.13. The van der Waals surface area contributed by atoms with E-state index in [1.807, 2.05) is 25.1 Å². The highest BCUT2D eigenvalue weighted by molar-refractivity contribution is 8.26. The number of thioether (sulfide) groups is 1. The van der Waals surface area contributed by atoms with Crippen LogP contribution in [0.2, 0.25) is 5.02 Å². The molecule has 2 nitrogen and oxygen atoms in total. The van der Waals surface area contributed by atoms with Gasteiger partial charge in [0.05, 0.1) is 4.91 Å². The summed E-state index contributed by atoms with van der Waals surface area (Å²) in [7, 11) is 0. The Hall–Kier alpha value is -0.840. The normalized spacial score (nSPS) is 18.2. The second-order valence-electron chi connectivity index (χ2n) is 3.45. The molecule has 0 saturated carbocycles. The number of hydrogen-bond acceptors (Lipinski definition) is 3. The van der Waals surface area contributed by atoms with Crippen LogP contribution in [0.25, 0.3) is 6.08 Å². The smallest absolute Gasteiger partial charge is 0.266 e. The van der Waals surface area contributed by atoms with Crippen LogP contribution in [-0.4, -0.2) is 21.7 Å². The van der Waals surface area contributed by atoms with Crippen LogP contribution in [-0.2, 0) is 4.79 Å². The number of likely N-dealkylation sites (N-methyl/N-ethyl adjacent to an activating group) is 1. The van der Waals surface area contributed by atoms with Crippen molar-refractivity contribution < 1.29 is 4.79 Å². The minimum Gasteiger partial charge on any atom is -0.293 e. The predicted octanol–water partition coefficient (Wildman–Crippen LogP) is 3.56. The molecule has 0 spiro atoms. The molecular weight excluding hydrogens is 274 g/mol. The standard InChI is InChI=1S/C12H10ClNOS2/c1-2-14-11(15)10(17-12(14)16)7-8-5-3-4-6-9(8)13/h3-7H,2H2,1H3. The van der Waals surface area contributed by atoms with Crippen LogP contribution in [0.1, 0.15) is 12.5 Å². The number of rotatable bonds is 2. The SMILES string of the molecule is CCN1C(=O)C(=Cc2ccccc2Cl)SC1=S. The van der Waals surface area contributed by atoms with Crippen molar-refractivity contribution in [1.29, 1.82) is 0 Å². The van der Waals surface area contributed by atoms with Crippen LogP contribution in [0, 0.1) is 0 Å². The van der Waals surface area contributed by atoms with Crippen LogP contribution in [0.3, 0.4) is 0 Å². The highest BCUT2D eigenvalue weighted by Crippen LogP contribution is 2.33. The van der Waals surface area contributed by atoms with Gasteiger partial charge in [0.15, 0.2) is 0 Å². The Balaban J connectivity index is 2.34. The summed E-state index contributed by atoms with van der Waals surface area (Å²) in [6.45, 7) is 2.51. The molecule has 0 aromatic heterocycles. The zero-order valence-electron chi connectivity index (χ0n) is 9.14. The molecule has 0 bridgehead atoms. The number of benzene rings is 1. The second kappa shape index (κ2) is 5.21. The summed E-state index contributed by atoms with van der Waals surface area (Å²) in [5.74, 6) is -0.0394. The zero-order valence-corrected chi connectivity index (χ0v) is 11.5. The maximum Gasteiger partial charge on any atom is 0.266 e. The Morgan fingerprint density at radius 3 is 2.76 bits per heavy atom. The number of nitrogens with zero attached hydrogens (tertiary/aromatic N) is 1. The summed E-state index contributed by atoms with van der Waals surface area (Å²) in [6.07, 6.45) is 1.79. The third kappa shape index (κ3) is 2.54. The van der Waals surface area contributed by atoms with E-state index in [9.17, 15) is 4.79 Å². The molecule has 1 heterocycles. The van der Waals surface area contributed by atoms with Crippen molar-refractivity contribution in [2.24, 2.45) is 0 Å². The number of thiocarbonyl (C=S) groups is 1. The summed E-state index contributed by atoms with van der Waals surface area (Å²) >= 11 is 12.5. The quantitative estimate of drug-likeness (QED) is 0.611. The van der Waals surface area contributed by atoms with E-state index in [1.165, 1.54) is 11.8 Å². The van der Waals surface area contributed by atoms with Crippen molar-refractivity contribution >= 4 is 51.9 Å². The molecular formula is C12H10ClNOS2. The number of carbonyl (C=O) groups excluding carboxylic acids is 1. The van der Waals surface area contributed by atoms with E-state index in [0.717, 1.165) is 5.56 Å². The molecule has 1 saturated heterocycles. The average Bonchev–Trinajstić information content (AvgIpc) is 2.57. The molecule has 17 heavy (non-hydrogen) atoms. The maximum atomic E-state index is 12.0. The van der Waals surface area contributed by atoms with Gasteiger partial charge in [0.25, 0.3) is 5.91 Å². The maximum absolute atomic E-state index is 12.0. The number of amides is 1. The summed E-state index contributed by atoms with van der Waals surface area (Å²) in [5.41, 5.74) is 0.839. The molecule has 5 heteroatoms. The Labute approximate surface area is 115 Å². The zero-order chi connectivity index (χ0) is 12.4.